The number of aromatic nitrogens is 4. The molecule has 0 bridgehead atoms. The summed E-state index contributed by atoms with van der Waals surface area (Å²) in [4.78, 5) is 24.3. The van der Waals surface area contributed by atoms with E-state index in [9.17, 15) is 14.5 Å². The lowest BCUT2D eigenvalue weighted by Gasteiger charge is -2.36. The van der Waals surface area contributed by atoms with Crippen LogP contribution in [0.25, 0.3) is 11.0 Å². The summed E-state index contributed by atoms with van der Waals surface area (Å²) < 4.78 is 52.6. The van der Waals surface area contributed by atoms with Gasteiger partial charge in [0.15, 0.2) is 28.8 Å². The summed E-state index contributed by atoms with van der Waals surface area (Å²) in [5.74, 6) is -0.639. The lowest BCUT2D eigenvalue weighted by Crippen LogP contribution is -2.45. The molecule has 1 unspecified atom stereocenters. The van der Waals surface area contributed by atoms with Crippen LogP contribution in [-0.2, 0) is 33.0 Å². The monoisotopic (exact) mass is 759 g/mol. The van der Waals surface area contributed by atoms with Gasteiger partial charge in [-0.05, 0) is 78.4 Å². The zero-order valence-corrected chi connectivity index (χ0v) is 33.8. The van der Waals surface area contributed by atoms with Gasteiger partial charge in [-0.2, -0.15) is 15.1 Å². The van der Waals surface area contributed by atoms with Crippen molar-refractivity contribution in [2.75, 3.05) is 44.7 Å². The van der Waals surface area contributed by atoms with Crippen molar-refractivity contribution in [1.82, 2.24) is 19.7 Å². The third kappa shape index (κ3) is 8.74. The Balaban J connectivity index is 1.45. The Morgan fingerprint density at radius 2 is 1.82 bits per heavy atom. The lowest BCUT2D eigenvalue weighted by molar-refractivity contribution is -0.208. The third-order valence-corrected chi connectivity index (χ3v) is 13.6. The first-order valence-electron chi connectivity index (χ1n) is 17.5. The first-order chi connectivity index (χ1) is 23.1. The number of carbonyl (C=O) groups is 1. The number of carbonyl (C=O) groups excluding carboxylic acids is 1. The van der Waals surface area contributed by atoms with E-state index in [1.54, 1.807) is 29.1 Å². The minimum absolute atomic E-state index is 0.0253. The molecule has 2 saturated heterocycles. The van der Waals surface area contributed by atoms with E-state index < -0.39 is 69.2 Å². The molecule has 3 fully saturated rings. The number of anilines is 1. The summed E-state index contributed by atoms with van der Waals surface area (Å²) in [6.07, 6.45) is 1.88. The number of ether oxygens (including phenoxy) is 6. The van der Waals surface area contributed by atoms with Gasteiger partial charge in [0.05, 0.1) is 31.4 Å². The van der Waals surface area contributed by atoms with Crippen molar-refractivity contribution in [1.29, 1.82) is 0 Å². The van der Waals surface area contributed by atoms with Crippen LogP contribution in [0.4, 0.5) is 10.6 Å². The average molecular weight is 760 g/mol. The summed E-state index contributed by atoms with van der Waals surface area (Å²) in [5, 5.41) is 14.2. The quantitative estimate of drug-likeness (QED) is 0.106. The molecule has 0 spiro atoms. The number of halogens is 1. The Hall–Kier alpha value is -1.68. The highest BCUT2D eigenvalue weighted by Gasteiger charge is 2.57. The molecule has 2 aromatic heterocycles. The molecule has 1 amide bonds. The van der Waals surface area contributed by atoms with Gasteiger partial charge in [-0.3, -0.25) is 4.90 Å². The van der Waals surface area contributed by atoms with Crippen LogP contribution in [0.15, 0.2) is 6.20 Å². The SMILES string of the molecule is CC(C)(C)OC(=O)N(c1nc(Cl)nc2c1cnn2[C@@H]1O[C@H](COC(CO)(COCC[Si](C)(C)C)P(C)(C)=O)[C@H]2OC(C)(C)O[C@H]21)C1CCCC1. The molecule has 2 aromatic rings. The second-order valence-corrected chi connectivity index (χ2v) is 26.2. The van der Waals surface area contributed by atoms with Gasteiger partial charge in [-0.25, -0.2) is 9.48 Å². The molecule has 5 rings (SSSR count). The van der Waals surface area contributed by atoms with E-state index in [4.69, 9.17) is 40.0 Å². The minimum Gasteiger partial charge on any atom is -0.443 e. The van der Waals surface area contributed by atoms with Crippen LogP contribution in [-0.4, -0.2) is 120 Å². The topological polar surface area (TPSA) is 157 Å². The van der Waals surface area contributed by atoms with E-state index in [1.807, 2.05) is 34.6 Å². The number of aliphatic hydroxyl groups is 1. The van der Waals surface area contributed by atoms with Crippen molar-refractivity contribution < 1.29 is 42.9 Å². The normalized spacial score (nSPS) is 25.6. The number of nitrogens with zero attached hydrogens (tertiary/aromatic N) is 5. The highest BCUT2D eigenvalue weighted by atomic mass is 35.5. The molecule has 0 aromatic carbocycles. The molecule has 50 heavy (non-hydrogen) atoms. The third-order valence-electron chi connectivity index (χ3n) is 9.35. The van der Waals surface area contributed by atoms with Gasteiger partial charge in [0.25, 0.3) is 0 Å². The second-order valence-electron chi connectivity index (χ2n) is 16.7. The molecule has 1 saturated carbocycles. The van der Waals surface area contributed by atoms with Crippen molar-refractivity contribution in [3.05, 3.63) is 11.5 Å². The Bertz CT molecular complexity index is 1570. The van der Waals surface area contributed by atoms with E-state index >= 15 is 0 Å². The average Bonchev–Trinajstić information content (AvgIpc) is 3.75. The lowest BCUT2D eigenvalue weighted by atomic mass is 10.1. The molecule has 1 N–H and O–H groups in total. The van der Waals surface area contributed by atoms with Crippen LogP contribution in [0.1, 0.15) is 66.5 Å². The Labute approximate surface area is 301 Å². The molecule has 17 heteroatoms. The number of rotatable bonds is 13. The number of hydrogen-bond donors (Lipinski definition) is 1. The number of fused-ring (bicyclic) bond motifs is 2. The van der Waals surface area contributed by atoms with Gasteiger partial charge in [0, 0.05) is 20.7 Å². The maximum atomic E-state index is 13.7. The van der Waals surface area contributed by atoms with Crippen molar-refractivity contribution in [2.45, 2.75) is 133 Å². The summed E-state index contributed by atoms with van der Waals surface area (Å²) in [6.45, 7) is 18.9. The smallest absolute Gasteiger partial charge is 0.416 e. The fourth-order valence-corrected chi connectivity index (χ4v) is 8.63. The zero-order chi connectivity index (χ0) is 36.9. The van der Waals surface area contributed by atoms with Crippen molar-refractivity contribution in [3.63, 3.8) is 0 Å². The maximum absolute atomic E-state index is 13.7. The zero-order valence-electron chi connectivity index (χ0n) is 31.1. The van der Waals surface area contributed by atoms with Crippen LogP contribution in [0, 0.1) is 0 Å². The van der Waals surface area contributed by atoms with E-state index in [-0.39, 0.29) is 24.5 Å². The molecule has 3 aliphatic rings. The molecular formula is C33H55ClN5O9PSi. The van der Waals surface area contributed by atoms with E-state index in [1.165, 1.54) is 0 Å². The molecule has 4 heterocycles. The van der Waals surface area contributed by atoms with Crippen LogP contribution < -0.4 is 4.90 Å². The van der Waals surface area contributed by atoms with Gasteiger partial charge in [-0.1, -0.05) is 32.5 Å². The predicted octanol–water partition coefficient (Wildman–Crippen LogP) is 6.26. The predicted molar refractivity (Wildman–Crippen MR) is 193 cm³/mol. The summed E-state index contributed by atoms with van der Waals surface area (Å²) in [6, 6.07) is 0.801. The molecule has 2 aliphatic heterocycles. The van der Waals surface area contributed by atoms with Gasteiger partial charge < -0.3 is 38.1 Å². The number of amides is 1. The summed E-state index contributed by atoms with van der Waals surface area (Å²) in [5.41, 5.74) is -0.376. The Morgan fingerprint density at radius 1 is 1.16 bits per heavy atom. The van der Waals surface area contributed by atoms with E-state index in [0.717, 1.165) is 31.7 Å². The first kappa shape index (κ1) is 39.5. The molecule has 1 aliphatic carbocycles. The molecule has 14 nitrogen and oxygen atoms in total. The molecule has 0 radical (unpaired) electrons. The first-order valence-corrected chi connectivity index (χ1v) is 24.1. The van der Waals surface area contributed by atoms with Crippen LogP contribution in [0.2, 0.25) is 31.0 Å². The van der Waals surface area contributed by atoms with Crippen LogP contribution in [0.3, 0.4) is 0 Å². The van der Waals surface area contributed by atoms with Crippen molar-refractivity contribution in [2.24, 2.45) is 0 Å². The van der Waals surface area contributed by atoms with E-state index in [0.29, 0.717) is 23.5 Å². The van der Waals surface area contributed by atoms with Gasteiger partial charge in [0.2, 0.25) is 5.28 Å². The van der Waals surface area contributed by atoms with E-state index in [2.05, 4.69) is 34.7 Å². The standard InChI is InChI=1S/C33H55ClN5O9PSi/c1-31(2,3)48-30(41)38(21-13-11-12-14-21)26-22-17-35-39(27(22)37-29(34)36-26)28-25-24(46-32(4,5)47-25)23(45-28)18-44-33(19-40,49(6,7)42)20-43-15-16-50(8,9)10/h17,21,23-25,28,40H,11-16,18-20H2,1-10H3/t23-,24-,25-,28-,33?/m1/s1. The Kier molecular flexibility index (Phi) is 11.6. The van der Waals surface area contributed by atoms with Crippen molar-refractivity contribution in [3.8, 4) is 0 Å². The summed E-state index contributed by atoms with van der Waals surface area (Å²) >= 11 is 6.55. The fourth-order valence-electron chi connectivity index (χ4n) is 6.59. The minimum atomic E-state index is -3.05. The highest BCUT2D eigenvalue weighted by molar-refractivity contribution is 7.63. The fraction of sp³-hybridized carbons (Fsp3) is 0.818. The number of hydrogen-bond acceptors (Lipinski definition) is 12. The molecule has 282 valence electrons. The highest BCUT2D eigenvalue weighted by Crippen LogP contribution is 2.53. The maximum Gasteiger partial charge on any atom is 0.416 e. The number of aliphatic hydroxyl groups excluding tert-OH is 1. The largest absolute Gasteiger partial charge is 0.443 e. The van der Waals surface area contributed by atoms with Gasteiger partial charge in [-0.15, -0.1) is 0 Å². The van der Waals surface area contributed by atoms with Crippen molar-refractivity contribution >= 4 is 49.8 Å². The molecule has 5 atom stereocenters. The van der Waals surface area contributed by atoms with Crippen LogP contribution in [0.5, 0.6) is 0 Å². The second kappa shape index (κ2) is 14.6. The molecular weight excluding hydrogens is 705 g/mol. The van der Waals surface area contributed by atoms with Gasteiger partial charge in [0.1, 0.15) is 31.1 Å². The summed E-state index contributed by atoms with van der Waals surface area (Å²) in [7, 11) is -4.42. The van der Waals surface area contributed by atoms with Gasteiger partial charge >= 0.3 is 6.09 Å². The Morgan fingerprint density at radius 3 is 2.42 bits per heavy atom. The van der Waals surface area contributed by atoms with Crippen LogP contribution >= 0.6 is 18.7 Å².